The summed E-state index contributed by atoms with van der Waals surface area (Å²) in [6, 6.07) is 12.9. The smallest absolute Gasteiger partial charge is 0.368 e. The van der Waals surface area contributed by atoms with Crippen molar-refractivity contribution < 1.29 is 13.2 Å². The molecular formula is C26H29F3N10. The van der Waals surface area contributed by atoms with Crippen molar-refractivity contribution >= 4 is 23.4 Å². The molecule has 3 N–H and O–H groups in total. The van der Waals surface area contributed by atoms with E-state index in [4.69, 9.17) is 5.73 Å². The third kappa shape index (κ3) is 5.48. The maximum Gasteiger partial charge on any atom is 0.397 e. The highest BCUT2D eigenvalue weighted by atomic mass is 19.4. The summed E-state index contributed by atoms with van der Waals surface area (Å²) in [5.41, 5.74) is 6.98. The largest absolute Gasteiger partial charge is 0.397 e. The normalized spacial score (nSPS) is 17.7. The van der Waals surface area contributed by atoms with Gasteiger partial charge in [-0.1, -0.05) is 12.1 Å². The Labute approximate surface area is 223 Å². The topological polar surface area (TPSA) is 114 Å². The van der Waals surface area contributed by atoms with Gasteiger partial charge < -0.3 is 20.9 Å². The minimum atomic E-state index is -4.29. The maximum atomic E-state index is 14.0. The zero-order chi connectivity index (χ0) is 27.8. The number of alkyl halides is 3. The van der Waals surface area contributed by atoms with Crippen LogP contribution < -0.4 is 16.0 Å². The average Bonchev–Trinajstić information content (AvgIpc) is 3.49. The first-order chi connectivity index (χ1) is 18.5. The molecule has 1 aliphatic rings. The first-order valence-electron chi connectivity index (χ1n) is 12.3. The van der Waals surface area contributed by atoms with Crippen molar-refractivity contribution in [2.24, 2.45) is 12.5 Å². The molecule has 0 bridgehead atoms. The van der Waals surface area contributed by atoms with Gasteiger partial charge in [-0.05, 0) is 50.8 Å². The van der Waals surface area contributed by atoms with Crippen molar-refractivity contribution in [3.8, 4) is 22.6 Å². The summed E-state index contributed by atoms with van der Waals surface area (Å²) in [5.74, 6) is 1.68. The number of anilines is 4. The summed E-state index contributed by atoms with van der Waals surface area (Å²) in [5, 5.41) is 7.71. The maximum absolute atomic E-state index is 14.0. The van der Waals surface area contributed by atoms with Gasteiger partial charge in [0.1, 0.15) is 5.82 Å². The quantitative estimate of drug-likeness (QED) is 0.361. The molecule has 1 atom stereocenters. The molecule has 1 aliphatic heterocycles. The van der Waals surface area contributed by atoms with E-state index >= 15 is 0 Å². The molecule has 3 aromatic heterocycles. The number of aryl methyl sites for hydroxylation is 1. The summed E-state index contributed by atoms with van der Waals surface area (Å²) >= 11 is 0. The van der Waals surface area contributed by atoms with Gasteiger partial charge in [-0.15, -0.1) is 5.10 Å². The molecule has 39 heavy (non-hydrogen) atoms. The molecule has 204 valence electrons. The van der Waals surface area contributed by atoms with E-state index in [1.165, 1.54) is 0 Å². The van der Waals surface area contributed by atoms with E-state index < -0.39 is 11.6 Å². The summed E-state index contributed by atoms with van der Waals surface area (Å²) in [6.07, 6.45) is -1.06. The van der Waals surface area contributed by atoms with Crippen LogP contribution in [0.3, 0.4) is 0 Å². The highest BCUT2D eigenvalue weighted by Crippen LogP contribution is 2.46. The van der Waals surface area contributed by atoms with Crippen LogP contribution in [0.5, 0.6) is 0 Å². The fraction of sp³-hybridized carbons (Fsp3) is 0.346. The Morgan fingerprint density at radius 3 is 2.41 bits per heavy atom. The lowest BCUT2D eigenvalue weighted by molar-refractivity contribution is -0.220. The first-order valence-corrected chi connectivity index (χ1v) is 12.3. The zero-order valence-electron chi connectivity index (χ0n) is 21.8. The second-order valence-electron chi connectivity index (χ2n) is 9.98. The molecule has 1 aromatic carbocycles. The first kappa shape index (κ1) is 26.4. The van der Waals surface area contributed by atoms with Crippen LogP contribution >= 0.6 is 0 Å². The standard InChI is InChI=1S/C26H29F3N10/c1-37(2)15-25(26(27,28)29)11-13-39(16-25)21-9-6-18(14-32-21)22-35-24(38(3)36-22)33-19-7-4-17(5-8-19)20-10-12-31-23(30)34-20/h4-10,12,14H,11,13,15-16H2,1-3H3,(H2,30,31,34)(H,33,35,36). The lowest BCUT2D eigenvalue weighted by atomic mass is 9.86. The second-order valence-corrected chi connectivity index (χ2v) is 9.98. The number of benzene rings is 1. The molecule has 13 heteroatoms. The number of nitrogens with zero attached hydrogens (tertiary/aromatic N) is 8. The van der Waals surface area contributed by atoms with Gasteiger partial charge in [-0.2, -0.15) is 18.2 Å². The number of nitrogens with one attached hydrogen (secondary N) is 1. The summed E-state index contributed by atoms with van der Waals surface area (Å²) < 4.78 is 43.5. The van der Waals surface area contributed by atoms with E-state index in [0.717, 1.165) is 16.9 Å². The van der Waals surface area contributed by atoms with Gasteiger partial charge in [0.15, 0.2) is 5.82 Å². The monoisotopic (exact) mass is 538 g/mol. The molecular weight excluding hydrogens is 509 g/mol. The Hall–Kier alpha value is -4.26. The van der Waals surface area contributed by atoms with Crippen LogP contribution in [0.4, 0.5) is 36.6 Å². The highest BCUT2D eigenvalue weighted by molar-refractivity contribution is 5.66. The van der Waals surface area contributed by atoms with Crippen LogP contribution in [0, 0.1) is 5.41 Å². The molecule has 0 amide bonds. The molecule has 10 nitrogen and oxygen atoms in total. The average molecular weight is 539 g/mol. The van der Waals surface area contributed by atoms with Crippen LogP contribution in [-0.2, 0) is 7.05 Å². The molecule has 4 aromatic rings. The van der Waals surface area contributed by atoms with Gasteiger partial charge in [0.25, 0.3) is 0 Å². The summed E-state index contributed by atoms with van der Waals surface area (Å²) in [4.78, 5) is 20.4. The van der Waals surface area contributed by atoms with Gasteiger partial charge in [0.05, 0.1) is 11.1 Å². The van der Waals surface area contributed by atoms with Crippen LogP contribution in [0.2, 0.25) is 0 Å². The van der Waals surface area contributed by atoms with Gasteiger partial charge >= 0.3 is 6.18 Å². The van der Waals surface area contributed by atoms with Crippen LogP contribution in [-0.4, -0.2) is 74.5 Å². The Morgan fingerprint density at radius 2 is 1.77 bits per heavy atom. The molecule has 1 unspecified atom stereocenters. The van der Waals surface area contributed by atoms with E-state index in [1.54, 1.807) is 66.2 Å². The van der Waals surface area contributed by atoms with Crippen LogP contribution in [0.15, 0.2) is 54.9 Å². The van der Waals surface area contributed by atoms with E-state index in [-0.39, 0.29) is 25.5 Å². The number of aromatic nitrogens is 6. The van der Waals surface area contributed by atoms with E-state index in [2.05, 4.69) is 30.4 Å². The Morgan fingerprint density at radius 1 is 1.03 bits per heavy atom. The van der Waals surface area contributed by atoms with Gasteiger partial charge in [0, 0.05) is 55.9 Å². The molecule has 0 saturated carbocycles. The minimum Gasteiger partial charge on any atom is -0.368 e. The lowest BCUT2D eigenvalue weighted by Crippen LogP contribution is -2.47. The fourth-order valence-corrected chi connectivity index (χ4v) is 4.83. The third-order valence-electron chi connectivity index (χ3n) is 6.78. The molecule has 1 saturated heterocycles. The van der Waals surface area contributed by atoms with Crippen molar-refractivity contribution in [2.75, 3.05) is 49.7 Å². The SMILES string of the molecule is CN(C)CC1(C(F)(F)F)CCN(c2ccc(-c3nc(Nc4ccc(-c5ccnc(N)n5)cc4)n(C)n3)cn2)C1. The van der Waals surface area contributed by atoms with Crippen molar-refractivity contribution in [3.63, 3.8) is 0 Å². The van der Waals surface area contributed by atoms with Crippen LogP contribution in [0.25, 0.3) is 22.6 Å². The van der Waals surface area contributed by atoms with Crippen molar-refractivity contribution in [3.05, 3.63) is 54.9 Å². The molecule has 0 spiro atoms. The number of nitrogen functional groups attached to an aromatic ring is 1. The van der Waals surface area contributed by atoms with Gasteiger partial charge in [-0.3, -0.25) is 0 Å². The summed E-state index contributed by atoms with van der Waals surface area (Å²) in [6.45, 7) is 0.107. The predicted octanol–water partition coefficient (Wildman–Crippen LogP) is 3.98. The third-order valence-corrected chi connectivity index (χ3v) is 6.78. The summed E-state index contributed by atoms with van der Waals surface area (Å²) in [7, 11) is 5.10. The Bertz CT molecular complexity index is 1430. The number of hydrogen-bond acceptors (Lipinski definition) is 9. The van der Waals surface area contributed by atoms with Crippen molar-refractivity contribution in [2.45, 2.75) is 12.6 Å². The Kier molecular flexibility index (Phi) is 6.85. The van der Waals surface area contributed by atoms with Crippen LogP contribution in [0.1, 0.15) is 6.42 Å². The predicted molar refractivity (Wildman–Crippen MR) is 143 cm³/mol. The van der Waals surface area contributed by atoms with Gasteiger partial charge in [0.2, 0.25) is 11.9 Å². The number of hydrogen-bond donors (Lipinski definition) is 2. The number of halogens is 3. The number of rotatable bonds is 7. The van der Waals surface area contributed by atoms with Crippen molar-refractivity contribution in [1.82, 2.24) is 34.6 Å². The van der Waals surface area contributed by atoms with E-state index in [9.17, 15) is 13.2 Å². The zero-order valence-corrected chi connectivity index (χ0v) is 21.8. The molecule has 0 radical (unpaired) electrons. The lowest BCUT2D eigenvalue weighted by Gasteiger charge is -2.34. The van der Waals surface area contributed by atoms with Crippen molar-refractivity contribution in [1.29, 1.82) is 0 Å². The van der Waals surface area contributed by atoms with E-state index in [0.29, 0.717) is 29.7 Å². The molecule has 1 fully saturated rings. The minimum absolute atomic E-state index is 0.0308. The molecule has 0 aliphatic carbocycles. The highest BCUT2D eigenvalue weighted by Gasteiger charge is 2.58. The second kappa shape index (κ2) is 10.1. The number of nitrogens with two attached hydrogens (primary N) is 1. The van der Waals surface area contributed by atoms with E-state index in [1.807, 2.05) is 24.3 Å². The molecule has 4 heterocycles. The number of pyridine rings is 1. The molecule has 5 rings (SSSR count). The van der Waals surface area contributed by atoms with Gasteiger partial charge in [-0.25, -0.2) is 19.6 Å². The Balaban J connectivity index is 1.28. The fourth-order valence-electron chi connectivity index (χ4n) is 4.83.